The van der Waals surface area contributed by atoms with Crippen LogP contribution in [0.5, 0.6) is 11.5 Å². The number of amides is 1. The van der Waals surface area contributed by atoms with Gasteiger partial charge >= 0.3 is 0 Å². The van der Waals surface area contributed by atoms with E-state index in [1.807, 2.05) is 62.5 Å². The van der Waals surface area contributed by atoms with Gasteiger partial charge < -0.3 is 9.47 Å². The van der Waals surface area contributed by atoms with Crippen molar-refractivity contribution in [1.29, 1.82) is 0 Å². The molecule has 1 heterocycles. The lowest BCUT2D eigenvalue weighted by atomic mass is 10.1. The Hall–Kier alpha value is -2.57. The van der Waals surface area contributed by atoms with Gasteiger partial charge in [-0.05, 0) is 75.2 Å². The van der Waals surface area contributed by atoms with Gasteiger partial charge in [0.2, 0.25) is 0 Å². The molecular weight excluding hydrogens is 408 g/mol. The van der Waals surface area contributed by atoms with Crippen LogP contribution in [0.15, 0.2) is 41.8 Å². The molecule has 1 N–H and O–H groups in total. The fourth-order valence-corrected chi connectivity index (χ4v) is 3.62. The number of halogens is 1. The summed E-state index contributed by atoms with van der Waals surface area (Å²) in [6, 6.07) is 11.4. The summed E-state index contributed by atoms with van der Waals surface area (Å²) in [6.45, 7) is 8.09. The molecule has 0 aliphatic carbocycles. The van der Waals surface area contributed by atoms with E-state index in [1.54, 1.807) is 6.92 Å². The number of aryl methyl sites for hydroxylation is 2. The Kier molecular flexibility index (Phi) is 6.77. The van der Waals surface area contributed by atoms with Crippen LogP contribution in [-0.2, 0) is 4.79 Å². The van der Waals surface area contributed by atoms with E-state index in [-0.39, 0.29) is 5.91 Å². The highest BCUT2D eigenvalue weighted by Crippen LogP contribution is 2.28. The van der Waals surface area contributed by atoms with Crippen molar-refractivity contribution in [2.45, 2.75) is 33.8 Å². The monoisotopic (exact) mass is 430 g/mol. The molecule has 0 saturated heterocycles. The topological polar surface area (TPSA) is 60.5 Å². The fraction of sp³-hybridized carbons (Fsp3) is 0.273. The predicted molar refractivity (Wildman–Crippen MR) is 118 cm³/mol. The molecular formula is C22H23ClN2O3S. The molecule has 0 saturated carbocycles. The molecule has 1 amide bonds. The number of rotatable bonds is 7. The van der Waals surface area contributed by atoms with Crippen LogP contribution in [0, 0.1) is 13.8 Å². The van der Waals surface area contributed by atoms with E-state index in [2.05, 4.69) is 10.3 Å². The Labute approximate surface area is 179 Å². The van der Waals surface area contributed by atoms with Crippen LogP contribution >= 0.6 is 22.9 Å². The van der Waals surface area contributed by atoms with Gasteiger partial charge in [0.1, 0.15) is 11.5 Å². The summed E-state index contributed by atoms with van der Waals surface area (Å²) in [5.74, 6) is 1.17. The van der Waals surface area contributed by atoms with E-state index in [9.17, 15) is 4.79 Å². The summed E-state index contributed by atoms with van der Waals surface area (Å²) in [6.07, 6.45) is -0.673. The zero-order valence-electron chi connectivity index (χ0n) is 16.8. The molecule has 7 heteroatoms. The van der Waals surface area contributed by atoms with E-state index in [1.165, 1.54) is 11.3 Å². The number of ether oxygens (including phenoxy) is 2. The van der Waals surface area contributed by atoms with Crippen LogP contribution in [-0.4, -0.2) is 23.6 Å². The highest BCUT2D eigenvalue weighted by Gasteiger charge is 2.17. The van der Waals surface area contributed by atoms with Gasteiger partial charge in [-0.3, -0.25) is 10.1 Å². The van der Waals surface area contributed by atoms with Gasteiger partial charge in [0.15, 0.2) is 11.2 Å². The molecule has 0 fully saturated rings. The molecule has 29 heavy (non-hydrogen) atoms. The first-order valence-electron chi connectivity index (χ1n) is 9.30. The maximum atomic E-state index is 12.5. The second kappa shape index (κ2) is 9.29. The van der Waals surface area contributed by atoms with Gasteiger partial charge in [0.05, 0.1) is 12.3 Å². The zero-order chi connectivity index (χ0) is 21.0. The van der Waals surface area contributed by atoms with Crippen molar-refractivity contribution >= 4 is 34.0 Å². The third kappa shape index (κ3) is 5.28. The van der Waals surface area contributed by atoms with Gasteiger partial charge in [-0.2, -0.15) is 0 Å². The second-order valence-electron chi connectivity index (χ2n) is 6.62. The van der Waals surface area contributed by atoms with Crippen LogP contribution in [0.1, 0.15) is 25.0 Å². The van der Waals surface area contributed by atoms with E-state index < -0.39 is 6.10 Å². The van der Waals surface area contributed by atoms with Crippen LogP contribution in [0.2, 0.25) is 5.02 Å². The minimum atomic E-state index is -0.673. The Bertz CT molecular complexity index is 979. The Morgan fingerprint density at radius 3 is 2.45 bits per heavy atom. The summed E-state index contributed by atoms with van der Waals surface area (Å²) in [4.78, 5) is 17.0. The number of carbonyl (C=O) groups is 1. The lowest BCUT2D eigenvalue weighted by Crippen LogP contribution is -2.30. The molecule has 0 aliphatic heterocycles. The van der Waals surface area contributed by atoms with Crippen molar-refractivity contribution in [3.63, 3.8) is 0 Å². The summed E-state index contributed by atoms with van der Waals surface area (Å²) in [7, 11) is 0. The number of aromatic nitrogens is 1. The Morgan fingerprint density at radius 1 is 1.17 bits per heavy atom. The normalized spacial score (nSPS) is 11.8. The number of carbonyl (C=O) groups excluding carboxylic acids is 1. The lowest BCUT2D eigenvalue weighted by Gasteiger charge is -2.15. The number of nitrogens with one attached hydrogen (secondary N) is 1. The quantitative estimate of drug-likeness (QED) is 0.508. The number of thiazole rings is 1. The molecule has 0 spiro atoms. The van der Waals surface area contributed by atoms with Crippen LogP contribution < -0.4 is 14.8 Å². The molecule has 3 rings (SSSR count). The third-order valence-electron chi connectivity index (χ3n) is 4.29. The first kappa shape index (κ1) is 21.1. The molecule has 0 aliphatic rings. The predicted octanol–water partition coefficient (Wildman–Crippen LogP) is 5.89. The summed E-state index contributed by atoms with van der Waals surface area (Å²) < 4.78 is 11.2. The molecule has 0 radical (unpaired) electrons. The number of benzene rings is 2. The fourth-order valence-electron chi connectivity index (χ4n) is 2.79. The Morgan fingerprint density at radius 2 is 1.83 bits per heavy atom. The van der Waals surface area contributed by atoms with Crippen LogP contribution in [0.25, 0.3) is 11.3 Å². The third-order valence-corrected chi connectivity index (χ3v) is 5.64. The zero-order valence-corrected chi connectivity index (χ0v) is 18.4. The lowest BCUT2D eigenvalue weighted by molar-refractivity contribution is -0.122. The van der Waals surface area contributed by atoms with Gasteiger partial charge in [0.25, 0.3) is 5.91 Å². The average Bonchev–Trinajstić information content (AvgIpc) is 3.15. The number of hydrogen-bond donors (Lipinski definition) is 1. The van der Waals surface area contributed by atoms with E-state index in [4.69, 9.17) is 21.1 Å². The van der Waals surface area contributed by atoms with Crippen molar-refractivity contribution in [3.05, 3.63) is 57.9 Å². The Balaban J connectivity index is 1.63. The van der Waals surface area contributed by atoms with Crippen molar-refractivity contribution in [2.24, 2.45) is 0 Å². The number of hydrogen-bond acceptors (Lipinski definition) is 5. The van der Waals surface area contributed by atoms with Gasteiger partial charge in [-0.1, -0.05) is 11.6 Å². The van der Waals surface area contributed by atoms with Crippen molar-refractivity contribution in [1.82, 2.24) is 4.98 Å². The molecule has 1 aromatic heterocycles. The van der Waals surface area contributed by atoms with Crippen molar-refractivity contribution in [2.75, 3.05) is 11.9 Å². The van der Waals surface area contributed by atoms with Gasteiger partial charge in [-0.15, -0.1) is 11.3 Å². The minimum Gasteiger partial charge on any atom is -0.494 e. The number of nitrogens with zero attached hydrogens (tertiary/aromatic N) is 1. The molecule has 5 nitrogen and oxygen atoms in total. The highest BCUT2D eigenvalue weighted by molar-refractivity contribution is 7.14. The second-order valence-corrected chi connectivity index (χ2v) is 7.85. The van der Waals surface area contributed by atoms with Crippen LogP contribution in [0.4, 0.5) is 5.13 Å². The smallest absolute Gasteiger partial charge is 0.266 e. The van der Waals surface area contributed by atoms with Gasteiger partial charge in [-0.25, -0.2) is 4.98 Å². The average molecular weight is 431 g/mol. The first-order chi connectivity index (χ1) is 13.9. The van der Waals surface area contributed by atoms with E-state index in [0.717, 1.165) is 28.1 Å². The van der Waals surface area contributed by atoms with Crippen LogP contribution in [0.3, 0.4) is 0 Å². The standard InChI is InChI=1S/C22H23ClN2O3S/c1-5-27-17-8-6-16(7-9-17)19-12-29-22(24-19)25-21(26)15(4)28-18-10-13(2)20(23)14(3)11-18/h6-12,15H,5H2,1-4H3,(H,24,25,26). The molecule has 1 atom stereocenters. The SMILES string of the molecule is CCOc1ccc(-c2csc(NC(=O)C(C)Oc3cc(C)c(Cl)c(C)c3)n2)cc1. The van der Waals surface area contributed by atoms with Gasteiger partial charge in [0, 0.05) is 16.0 Å². The van der Waals surface area contributed by atoms with Crippen molar-refractivity contribution < 1.29 is 14.3 Å². The highest BCUT2D eigenvalue weighted by atomic mass is 35.5. The number of anilines is 1. The maximum Gasteiger partial charge on any atom is 0.266 e. The molecule has 152 valence electrons. The first-order valence-corrected chi connectivity index (χ1v) is 10.6. The summed E-state index contributed by atoms with van der Waals surface area (Å²) in [5, 5.41) is 5.96. The van der Waals surface area contributed by atoms with E-state index in [0.29, 0.717) is 22.5 Å². The molecule has 1 unspecified atom stereocenters. The molecule has 0 bridgehead atoms. The van der Waals surface area contributed by atoms with E-state index >= 15 is 0 Å². The van der Waals surface area contributed by atoms with Crippen molar-refractivity contribution in [3.8, 4) is 22.8 Å². The summed E-state index contributed by atoms with van der Waals surface area (Å²) in [5.41, 5.74) is 3.58. The summed E-state index contributed by atoms with van der Waals surface area (Å²) >= 11 is 7.55. The largest absolute Gasteiger partial charge is 0.494 e. The molecule has 3 aromatic rings. The minimum absolute atomic E-state index is 0.261. The maximum absolute atomic E-state index is 12.5. The molecule has 2 aromatic carbocycles.